The van der Waals surface area contributed by atoms with Gasteiger partial charge in [-0.3, -0.25) is 0 Å². The molecule has 1 aromatic rings. The van der Waals surface area contributed by atoms with E-state index in [1.807, 2.05) is 0 Å². The Kier molecular flexibility index (Phi) is 5.57. The van der Waals surface area contributed by atoms with Gasteiger partial charge in [-0.25, -0.2) is 0 Å². The average Bonchev–Trinajstić information content (AvgIpc) is 2.30. The number of aryl methyl sites for hydroxylation is 2. The van der Waals surface area contributed by atoms with E-state index in [1.165, 1.54) is 27.8 Å². The molecule has 19 heavy (non-hydrogen) atoms. The lowest BCUT2D eigenvalue weighted by Crippen LogP contribution is -2.25. The van der Waals surface area contributed by atoms with Crippen molar-refractivity contribution in [2.45, 2.75) is 59.5 Å². The van der Waals surface area contributed by atoms with Gasteiger partial charge in [-0.2, -0.15) is 0 Å². The van der Waals surface area contributed by atoms with E-state index in [4.69, 9.17) is 5.73 Å². The largest absolute Gasteiger partial charge is 0.328 e. The first-order valence-electron chi connectivity index (χ1n) is 7.25. The van der Waals surface area contributed by atoms with Crippen LogP contribution in [0.4, 0.5) is 0 Å². The van der Waals surface area contributed by atoms with Crippen LogP contribution in [0.15, 0.2) is 6.07 Å². The van der Waals surface area contributed by atoms with Crippen LogP contribution in [0.25, 0.3) is 0 Å². The second-order valence-corrected chi connectivity index (χ2v) is 6.21. The first-order chi connectivity index (χ1) is 8.75. The van der Waals surface area contributed by atoms with Gasteiger partial charge in [0, 0.05) is 12.1 Å². The molecule has 0 fully saturated rings. The summed E-state index contributed by atoms with van der Waals surface area (Å²) in [5.41, 5.74) is 13.1. The van der Waals surface area contributed by atoms with E-state index in [-0.39, 0.29) is 6.04 Å². The van der Waals surface area contributed by atoms with Gasteiger partial charge in [-0.15, -0.1) is 0 Å². The predicted molar refractivity (Wildman–Crippen MR) is 84.7 cm³/mol. The van der Waals surface area contributed by atoms with Crippen molar-refractivity contribution in [1.82, 2.24) is 4.90 Å². The molecule has 0 heterocycles. The van der Waals surface area contributed by atoms with Crippen molar-refractivity contribution < 1.29 is 0 Å². The monoisotopic (exact) mass is 262 g/mol. The van der Waals surface area contributed by atoms with E-state index < -0.39 is 0 Å². The lowest BCUT2D eigenvalue weighted by molar-refractivity contribution is 0.273. The summed E-state index contributed by atoms with van der Waals surface area (Å²) >= 11 is 0. The van der Waals surface area contributed by atoms with Gasteiger partial charge < -0.3 is 10.6 Å². The number of hydrogen-bond donors (Lipinski definition) is 1. The van der Waals surface area contributed by atoms with Gasteiger partial charge in [0.25, 0.3) is 0 Å². The van der Waals surface area contributed by atoms with Crippen LogP contribution in [-0.4, -0.2) is 25.0 Å². The normalized spacial score (nSPS) is 14.8. The SMILES string of the molecule is Cc1cc(C)c(C)c(C(CCC(C)N)N(C)C)c1C. The Balaban J connectivity index is 3.22. The Bertz CT molecular complexity index is 407. The van der Waals surface area contributed by atoms with E-state index >= 15 is 0 Å². The summed E-state index contributed by atoms with van der Waals surface area (Å²) in [6, 6.07) is 3.03. The third-order valence-electron chi connectivity index (χ3n) is 4.28. The van der Waals surface area contributed by atoms with Gasteiger partial charge in [0.05, 0.1) is 0 Å². The summed E-state index contributed by atoms with van der Waals surface area (Å²) in [4.78, 5) is 2.33. The van der Waals surface area contributed by atoms with E-state index in [9.17, 15) is 0 Å². The van der Waals surface area contributed by atoms with Crippen molar-refractivity contribution in [3.63, 3.8) is 0 Å². The molecule has 0 saturated carbocycles. The summed E-state index contributed by atoms with van der Waals surface area (Å²) in [5, 5.41) is 0. The minimum Gasteiger partial charge on any atom is -0.328 e. The lowest BCUT2D eigenvalue weighted by Gasteiger charge is -2.30. The van der Waals surface area contributed by atoms with Crippen LogP contribution in [0, 0.1) is 27.7 Å². The van der Waals surface area contributed by atoms with E-state index in [0.717, 1.165) is 12.8 Å². The molecule has 1 aromatic carbocycles. The van der Waals surface area contributed by atoms with E-state index in [1.54, 1.807) is 0 Å². The molecule has 0 spiro atoms. The smallest absolute Gasteiger partial charge is 0.0348 e. The lowest BCUT2D eigenvalue weighted by atomic mass is 9.87. The molecule has 0 radical (unpaired) electrons. The zero-order valence-corrected chi connectivity index (χ0v) is 13.7. The van der Waals surface area contributed by atoms with Crippen LogP contribution < -0.4 is 5.73 Å². The molecule has 2 unspecified atom stereocenters. The molecular formula is C17H30N2. The van der Waals surface area contributed by atoms with E-state index in [2.05, 4.69) is 59.7 Å². The highest BCUT2D eigenvalue weighted by atomic mass is 15.1. The van der Waals surface area contributed by atoms with Crippen LogP contribution in [-0.2, 0) is 0 Å². The molecule has 108 valence electrons. The Morgan fingerprint density at radius 1 is 1.00 bits per heavy atom. The summed E-state index contributed by atoms with van der Waals surface area (Å²) in [6.07, 6.45) is 2.18. The molecule has 0 aromatic heterocycles. The Hall–Kier alpha value is -0.860. The summed E-state index contributed by atoms with van der Waals surface area (Å²) < 4.78 is 0. The predicted octanol–water partition coefficient (Wildman–Crippen LogP) is 3.65. The third-order valence-corrected chi connectivity index (χ3v) is 4.28. The Morgan fingerprint density at radius 3 is 1.84 bits per heavy atom. The van der Waals surface area contributed by atoms with Gasteiger partial charge in [-0.1, -0.05) is 6.07 Å². The van der Waals surface area contributed by atoms with Gasteiger partial charge in [0.15, 0.2) is 0 Å². The average molecular weight is 262 g/mol. The van der Waals surface area contributed by atoms with E-state index in [0.29, 0.717) is 6.04 Å². The molecule has 2 nitrogen and oxygen atoms in total. The Morgan fingerprint density at radius 2 is 1.47 bits per heavy atom. The topological polar surface area (TPSA) is 29.3 Å². The molecule has 2 N–H and O–H groups in total. The van der Waals surface area contributed by atoms with Crippen LogP contribution in [0.3, 0.4) is 0 Å². The maximum Gasteiger partial charge on any atom is 0.0348 e. The van der Waals surface area contributed by atoms with Gasteiger partial charge in [-0.05, 0) is 89.4 Å². The van der Waals surface area contributed by atoms with Gasteiger partial charge in [0.2, 0.25) is 0 Å². The molecular weight excluding hydrogens is 232 g/mol. The molecule has 0 aliphatic heterocycles. The second-order valence-electron chi connectivity index (χ2n) is 6.21. The van der Waals surface area contributed by atoms with Crippen LogP contribution in [0.1, 0.15) is 53.6 Å². The number of benzene rings is 1. The van der Waals surface area contributed by atoms with Crippen molar-refractivity contribution >= 4 is 0 Å². The standard InChI is InChI=1S/C17H30N2/c1-11-10-12(2)15(5)17(14(11)4)16(19(6)7)9-8-13(3)18/h10,13,16H,8-9,18H2,1-7H3. The first kappa shape index (κ1) is 16.2. The number of rotatable bonds is 5. The second kappa shape index (κ2) is 6.53. The highest BCUT2D eigenvalue weighted by Crippen LogP contribution is 2.32. The summed E-state index contributed by atoms with van der Waals surface area (Å²) in [7, 11) is 4.34. The molecule has 0 saturated heterocycles. The molecule has 2 atom stereocenters. The zero-order chi connectivity index (χ0) is 14.7. The molecule has 0 amide bonds. The van der Waals surface area contributed by atoms with Crippen molar-refractivity contribution in [3.05, 3.63) is 33.9 Å². The summed E-state index contributed by atoms with van der Waals surface area (Å²) in [6.45, 7) is 11.0. The molecule has 2 heteroatoms. The molecule has 1 rings (SSSR count). The number of nitrogens with two attached hydrogens (primary N) is 1. The zero-order valence-electron chi connectivity index (χ0n) is 13.7. The van der Waals surface area contributed by atoms with Crippen molar-refractivity contribution in [1.29, 1.82) is 0 Å². The maximum atomic E-state index is 5.94. The molecule has 0 bridgehead atoms. The van der Waals surface area contributed by atoms with Gasteiger partial charge in [0.1, 0.15) is 0 Å². The van der Waals surface area contributed by atoms with Crippen LogP contribution >= 0.6 is 0 Å². The fraction of sp³-hybridized carbons (Fsp3) is 0.647. The maximum absolute atomic E-state index is 5.94. The highest BCUT2D eigenvalue weighted by Gasteiger charge is 2.20. The minimum atomic E-state index is 0.272. The molecule has 0 aliphatic rings. The van der Waals surface area contributed by atoms with Crippen LogP contribution in [0.5, 0.6) is 0 Å². The fourth-order valence-electron chi connectivity index (χ4n) is 2.83. The van der Waals surface area contributed by atoms with Crippen molar-refractivity contribution in [2.24, 2.45) is 5.73 Å². The van der Waals surface area contributed by atoms with Crippen LogP contribution in [0.2, 0.25) is 0 Å². The highest BCUT2D eigenvalue weighted by molar-refractivity contribution is 5.45. The van der Waals surface area contributed by atoms with Crippen molar-refractivity contribution in [3.8, 4) is 0 Å². The Labute approximate surface area is 119 Å². The van der Waals surface area contributed by atoms with Gasteiger partial charge >= 0.3 is 0 Å². The third kappa shape index (κ3) is 3.80. The number of hydrogen-bond acceptors (Lipinski definition) is 2. The fourth-order valence-corrected chi connectivity index (χ4v) is 2.83. The quantitative estimate of drug-likeness (QED) is 0.877. The van der Waals surface area contributed by atoms with Crippen molar-refractivity contribution in [2.75, 3.05) is 14.1 Å². The number of nitrogens with zero attached hydrogens (tertiary/aromatic N) is 1. The summed E-state index contributed by atoms with van der Waals surface area (Å²) in [5.74, 6) is 0. The first-order valence-corrected chi connectivity index (χ1v) is 7.25. The minimum absolute atomic E-state index is 0.272. The molecule has 0 aliphatic carbocycles.